The van der Waals surface area contributed by atoms with Crippen LogP contribution >= 0.6 is 0 Å². The first kappa shape index (κ1) is 42.8. The van der Waals surface area contributed by atoms with Gasteiger partial charge in [0, 0.05) is 33.1 Å². The first-order valence-electron chi connectivity index (χ1n) is 18.7. The molecular weight excluding hydrogens is 782 g/mol. The molecule has 6 rings (SSSR count). The third-order valence-electron chi connectivity index (χ3n) is 8.90. The number of hydrogen-bond donors (Lipinski definition) is 1. The van der Waals surface area contributed by atoms with Crippen LogP contribution in [0.15, 0.2) is 95.3 Å². The smallest absolute Gasteiger partial charge is 0.303 e. The van der Waals surface area contributed by atoms with Gasteiger partial charge in [-0.3, -0.25) is 19.2 Å². The summed E-state index contributed by atoms with van der Waals surface area (Å²) in [6, 6.07) is 24.1. The van der Waals surface area contributed by atoms with Crippen molar-refractivity contribution < 1.29 is 62.2 Å². The largest absolute Gasteiger partial charge is 0.494 e. The van der Waals surface area contributed by atoms with E-state index in [0.717, 1.165) is 37.1 Å². The van der Waals surface area contributed by atoms with Crippen molar-refractivity contribution in [1.29, 1.82) is 0 Å². The summed E-state index contributed by atoms with van der Waals surface area (Å²) < 4.78 is 46.6. The molecule has 314 valence electrons. The van der Waals surface area contributed by atoms with Crippen molar-refractivity contribution in [2.24, 2.45) is 10.2 Å². The third-order valence-corrected chi connectivity index (χ3v) is 8.90. The number of aliphatic hydroxyl groups is 1. The van der Waals surface area contributed by atoms with Crippen LogP contribution in [0.2, 0.25) is 0 Å². The van der Waals surface area contributed by atoms with Gasteiger partial charge >= 0.3 is 23.9 Å². The van der Waals surface area contributed by atoms with E-state index in [9.17, 15) is 24.3 Å². The van der Waals surface area contributed by atoms with Crippen molar-refractivity contribution in [2.75, 3.05) is 13.7 Å². The summed E-state index contributed by atoms with van der Waals surface area (Å²) in [6.45, 7) is 3.95. The predicted octanol–water partition coefficient (Wildman–Crippen LogP) is 5.79. The maximum Gasteiger partial charge on any atom is 0.303 e. The molecule has 2 heterocycles. The van der Waals surface area contributed by atoms with E-state index in [0.29, 0.717) is 39.9 Å². The summed E-state index contributed by atoms with van der Waals surface area (Å²) in [4.78, 5) is 48.0. The van der Waals surface area contributed by atoms with Crippen LogP contribution in [-0.2, 0) is 67.4 Å². The number of esters is 4. The lowest BCUT2D eigenvalue weighted by Gasteiger charge is -2.43. The minimum Gasteiger partial charge on any atom is -0.494 e. The summed E-state index contributed by atoms with van der Waals surface area (Å²) >= 11 is 0. The zero-order valence-electron chi connectivity index (χ0n) is 33.4. The van der Waals surface area contributed by atoms with Gasteiger partial charge in [0.25, 0.3) is 0 Å². The highest BCUT2D eigenvalue weighted by Crippen LogP contribution is 2.37. The van der Waals surface area contributed by atoms with Crippen LogP contribution in [0.1, 0.15) is 44.5 Å². The first-order chi connectivity index (χ1) is 28.9. The Bertz CT molecular complexity index is 2350. The number of nitrogens with zero attached hydrogens (tertiary/aromatic N) is 5. The molecule has 1 N–H and O–H groups in total. The molecule has 0 amide bonds. The van der Waals surface area contributed by atoms with Gasteiger partial charge in [-0.1, -0.05) is 41.6 Å². The minimum absolute atomic E-state index is 0.218. The number of rotatable bonds is 16. The van der Waals surface area contributed by atoms with Gasteiger partial charge in [-0.15, -0.1) is 10.2 Å². The fraction of sp³-hybridized carbons (Fsp3) is 0.333. The molecule has 1 aromatic heterocycles. The molecule has 5 atom stereocenters. The topological polar surface area (TPSA) is 218 Å². The highest BCUT2D eigenvalue weighted by atomic mass is 16.7. The molecule has 60 heavy (non-hydrogen) atoms. The van der Waals surface area contributed by atoms with Gasteiger partial charge in [-0.2, -0.15) is 5.11 Å². The molecule has 0 saturated carbocycles. The second-order valence-electron chi connectivity index (χ2n) is 13.6. The van der Waals surface area contributed by atoms with E-state index in [1.165, 1.54) is 11.6 Å². The van der Waals surface area contributed by atoms with E-state index in [4.69, 9.17) is 37.9 Å². The molecule has 1 aliphatic rings. The molecule has 0 radical (unpaired) electrons. The van der Waals surface area contributed by atoms with E-state index >= 15 is 0 Å². The lowest BCUT2D eigenvalue weighted by Crippen LogP contribution is -2.62. The minimum atomic E-state index is -1.39. The quantitative estimate of drug-likeness (QED) is 0.0708. The van der Waals surface area contributed by atoms with Gasteiger partial charge in [0.2, 0.25) is 0 Å². The third kappa shape index (κ3) is 11.2. The monoisotopic (exact) mass is 825 g/mol. The Kier molecular flexibility index (Phi) is 14.1. The number of carbonyl (C=O) groups excluding carboxylic acids is 4. The van der Waals surface area contributed by atoms with Gasteiger partial charge < -0.3 is 43.0 Å². The predicted molar refractivity (Wildman–Crippen MR) is 209 cm³/mol. The van der Waals surface area contributed by atoms with E-state index in [1.54, 1.807) is 55.8 Å². The van der Waals surface area contributed by atoms with Crippen molar-refractivity contribution in [3.63, 3.8) is 0 Å². The molecule has 1 aliphatic heterocycles. The zero-order valence-corrected chi connectivity index (χ0v) is 33.4. The standard InChI is InChI=1S/C42H43N5O13/c1-24(49)54-23-37-39(56-25(2)50)40(57-26(3)51)41(58-27(4)52)42(60-37)55-22-32-20-47(46-44-32)19-28-16-29(21-48)18-34(17-28)59-33-13-11-31(12-14-33)43-45-38-35-9-7-6-8-30(35)10-15-36(38)53-5/h6-18,20,37,39-42,48H,19,21-23H2,1-5H3/t37-,39-,40+,41-,42-/m1/s1. The second kappa shape index (κ2) is 19.8. The van der Waals surface area contributed by atoms with Gasteiger partial charge in [0.15, 0.2) is 24.6 Å². The Labute approximate surface area is 343 Å². The van der Waals surface area contributed by atoms with Gasteiger partial charge in [-0.25, -0.2) is 4.68 Å². The molecular formula is C42H43N5O13. The number of ether oxygens (including phenoxy) is 8. The highest BCUT2D eigenvalue weighted by Gasteiger charge is 2.52. The number of aliphatic hydroxyl groups excluding tert-OH is 1. The normalized spacial score (nSPS) is 18.8. The number of hydrogen-bond acceptors (Lipinski definition) is 17. The van der Waals surface area contributed by atoms with Crippen LogP contribution in [0.3, 0.4) is 0 Å². The van der Waals surface area contributed by atoms with Crippen LogP contribution in [0.25, 0.3) is 10.8 Å². The van der Waals surface area contributed by atoms with Crippen LogP contribution in [0.4, 0.5) is 11.4 Å². The van der Waals surface area contributed by atoms with Gasteiger partial charge in [0.1, 0.15) is 41.3 Å². The van der Waals surface area contributed by atoms with E-state index < -0.39 is 61.2 Å². The lowest BCUT2D eigenvalue weighted by molar-refractivity contribution is -0.310. The van der Waals surface area contributed by atoms with Crippen LogP contribution in [0.5, 0.6) is 17.2 Å². The Hall–Kier alpha value is -6.76. The number of methoxy groups -OCH3 is 1. The van der Waals surface area contributed by atoms with Crippen molar-refractivity contribution >= 4 is 46.0 Å². The number of fused-ring (bicyclic) bond motifs is 1. The van der Waals surface area contributed by atoms with E-state index in [2.05, 4.69) is 20.5 Å². The lowest BCUT2D eigenvalue weighted by atomic mass is 9.98. The summed E-state index contributed by atoms with van der Waals surface area (Å²) in [5.41, 5.74) is 2.90. The molecule has 1 saturated heterocycles. The van der Waals surface area contributed by atoms with Gasteiger partial charge in [-0.05, 0) is 59.0 Å². The van der Waals surface area contributed by atoms with Crippen molar-refractivity contribution in [3.05, 3.63) is 102 Å². The molecule has 18 nitrogen and oxygen atoms in total. The fourth-order valence-electron chi connectivity index (χ4n) is 6.46. The van der Waals surface area contributed by atoms with Crippen LogP contribution in [-0.4, -0.2) is 88.4 Å². The molecule has 0 unspecified atom stereocenters. The second-order valence-corrected chi connectivity index (χ2v) is 13.6. The number of carbonyl (C=O) groups is 4. The number of benzene rings is 4. The Morgan fingerprint density at radius 2 is 1.48 bits per heavy atom. The maximum atomic E-state index is 12.2. The molecule has 0 spiro atoms. The zero-order chi connectivity index (χ0) is 42.8. The van der Waals surface area contributed by atoms with Crippen LogP contribution in [0, 0.1) is 0 Å². The maximum absolute atomic E-state index is 12.2. The van der Waals surface area contributed by atoms with E-state index in [1.807, 2.05) is 36.4 Å². The SMILES string of the molecule is COc1ccc2ccccc2c1N=Nc1ccc(Oc2cc(CO)cc(Cn3cc(CO[C@@H]4O[C@H](COC(C)=O)[C@@H](OC(C)=O)[C@H](OC(C)=O)[C@H]4OC(C)=O)nn3)c2)cc1. The average molecular weight is 826 g/mol. The molecule has 0 bridgehead atoms. The summed E-state index contributed by atoms with van der Waals surface area (Å²) in [5.74, 6) is -1.31. The van der Waals surface area contributed by atoms with Crippen molar-refractivity contribution in [2.45, 2.75) is 78.2 Å². The molecule has 4 aromatic carbocycles. The van der Waals surface area contributed by atoms with E-state index in [-0.39, 0.29) is 19.8 Å². The Balaban J connectivity index is 1.13. The first-order valence-corrected chi connectivity index (χ1v) is 18.7. The number of aromatic nitrogens is 3. The van der Waals surface area contributed by atoms with Crippen molar-refractivity contribution in [3.8, 4) is 17.2 Å². The van der Waals surface area contributed by atoms with Crippen molar-refractivity contribution in [1.82, 2.24) is 15.0 Å². The Morgan fingerprint density at radius 3 is 2.18 bits per heavy atom. The summed E-state index contributed by atoms with van der Waals surface area (Å²) in [5, 5.41) is 29.3. The number of azo groups is 1. The Morgan fingerprint density at radius 1 is 0.783 bits per heavy atom. The summed E-state index contributed by atoms with van der Waals surface area (Å²) in [6.07, 6.45) is -5.03. The van der Waals surface area contributed by atoms with Gasteiger partial charge in [0.05, 0.1) is 38.8 Å². The summed E-state index contributed by atoms with van der Waals surface area (Å²) in [7, 11) is 1.59. The average Bonchev–Trinajstić information content (AvgIpc) is 3.66. The molecule has 5 aromatic rings. The molecule has 18 heteroatoms. The molecule has 0 aliphatic carbocycles. The highest BCUT2D eigenvalue weighted by molar-refractivity contribution is 5.95. The van der Waals surface area contributed by atoms with Crippen LogP contribution < -0.4 is 9.47 Å². The molecule has 1 fully saturated rings. The fourth-order valence-corrected chi connectivity index (χ4v) is 6.46.